The smallest absolute Gasteiger partial charge is 0.133 e. The fourth-order valence-corrected chi connectivity index (χ4v) is 2.08. The van der Waals surface area contributed by atoms with E-state index in [1.807, 2.05) is 12.1 Å². The van der Waals surface area contributed by atoms with Gasteiger partial charge in [0, 0.05) is 0 Å². The van der Waals surface area contributed by atoms with Crippen LogP contribution in [-0.4, -0.2) is 18.0 Å². The van der Waals surface area contributed by atoms with E-state index in [4.69, 9.17) is 9.47 Å². The molecule has 17 heavy (non-hydrogen) atoms. The minimum atomic E-state index is -0.158. The van der Waals surface area contributed by atoms with Crippen LogP contribution in [0.2, 0.25) is 0 Å². The lowest BCUT2D eigenvalue weighted by atomic mass is 10.2. The van der Waals surface area contributed by atoms with E-state index in [1.165, 1.54) is 12.8 Å². The molecule has 0 unspecified atom stereocenters. The maximum Gasteiger partial charge on any atom is 0.133 e. The van der Waals surface area contributed by atoms with Crippen molar-refractivity contribution < 1.29 is 9.47 Å². The number of rotatable bonds is 4. The predicted octanol–water partition coefficient (Wildman–Crippen LogP) is 4.13. The summed E-state index contributed by atoms with van der Waals surface area (Å²) in [6.07, 6.45) is 4.88. The first-order chi connectivity index (χ1) is 7.98. The predicted molar refractivity (Wildman–Crippen MR) is 72.3 cm³/mol. The molecular formula is C14H20O2S. The Balaban J connectivity index is 2.14. The molecule has 0 aromatic heterocycles. The van der Waals surface area contributed by atoms with E-state index in [0.717, 1.165) is 16.4 Å². The van der Waals surface area contributed by atoms with Crippen molar-refractivity contribution >= 4 is 11.8 Å². The third-order valence-corrected chi connectivity index (χ3v) is 3.14. The average Bonchev–Trinajstić information content (AvgIpc) is 3.02. The van der Waals surface area contributed by atoms with Crippen LogP contribution in [0.5, 0.6) is 11.5 Å². The van der Waals surface area contributed by atoms with E-state index in [9.17, 15) is 0 Å². The van der Waals surface area contributed by atoms with Gasteiger partial charge in [-0.3, -0.25) is 0 Å². The molecule has 0 bridgehead atoms. The summed E-state index contributed by atoms with van der Waals surface area (Å²) in [4.78, 5) is 1.15. The molecule has 0 N–H and O–H groups in total. The molecule has 0 radical (unpaired) electrons. The lowest BCUT2D eigenvalue weighted by molar-refractivity contribution is 0.130. The van der Waals surface area contributed by atoms with Gasteiger partial charge in [-0.1, -0.05) is 0 Å². The average molecular weight is 252 g/mol. The maximum atomic E-state index is 5.86. The van der Waals surface area contributed by atoms with Gasteiger partial charge in [-0.2, -0.15) is 0 Å². The monoisotopic (exact) mass is 252 g/mol. The summed E-state index contributed by atoms with van der Waals surface area (Å²) in [5.41, 5.74) is -0.158. The molecule has 1 aromatic rings. The van der Waals surface area contributed by atoms with Crippen LogP contribution in [0.4, 0.5) is 0 Å². The molecule has 94 valence electrons. The fraction of sp³-hybridized carbons (Fsp3) is 0.571. The largest absolute Gasteiger partial charge is 0.489 e. The second-order valence-corrected chi connectivity index (χ2v) is 6.19. The van der Waals surface area contributed by atoms with Crippen molar-refractivity contribution in [3.8, 4) is 11.5 Å². The van der Waals surface area contributed by atoms with E-state index in [-0.39, 0.29) is 5.60 Å². The van der Waals surface area contributed by atoms with Crippen molar-refractivity contribution in [3.05, 3.63) is 18.2 Å². The lowest BCUT2D eigenvalue weighted by Crippen LogP contribution is -2.22. The molecule has 1 fully saturated rings. The van der Waals surface area contributed by atoms with Gasteiger partial charge in [0.05, 0.1) is 11.0 Å². The highest BCUT2D eigenvalue weighted by molar-refractivity contribution is 7.98. The molecule has 0 heterocycles. The Morgan fingerprint density at radius 2 is 1.94 bits per heavy atom. The maximum absolute atomic E-state index is 5.86. The van der Waals surface area contributed by atoms with Gasteiger partial charge in [0.25, 0.3) is 0 Å². The number of benzene rings is 1. The van der Waals surface area contributed by atoms with E-state index in [0.29, 0.717) is 6.10 Å². The second-order valence-electron chi connectivity index (χ2n) is 5.34. The highest BCUT2D eigenvalue weighted by Gasteiger charge is 2.24. The summed E-state index contributed by atoms with van der Waals surface area (Å²) in [6.45, 7) is 6.17. The molecule has 0 aliphatic heterocycles. The van der Waals surface area contributed by atoms with Crippen molar-refractivity contribution in [3.63, 3.8) is 0 Å². The molecule has 0 spiro atoms. The molecule has 2 rings (SSSR count). The summed E-state index contributed by atoms with van der Waals surface area (Å²) in [7, 11) is 0. The molecule has 1 aliphatic carbocycles. The number of hydrogen-bond acceptors (Lipinski definition) is 3. The summed E-state index contributed by atoms with van der Waals surface area (Å²) in [6, 6.07) is 6.07. The van der Waals surface area contributed by atoms with Gasteiger partial charge in [-0.15, -0.1) is 11.8 Å². The number of ether oxygens (including phenoxy) is 2. The Morgan fingerprint density at radius 3 is 2.47 bits per heavy atom. The lowest BCUT2D eigenvalue weighted by Gasteiger charge is -2.22. The van der Waals surface area contributed by atoms with Crippen LogP contribution in [0, 0.1) is 0 Å². The van der Waals surface area contributed by atoms with Gasteiger partial charge in [0.2, 0.25) is 0 Å². The summed E-state index contributed by atoms with van der Waals surface area (Å²) in [5, 5.41) is 0. The van der Waals surface area contributed by atoms with Crippen LogP contribution in [0.1, 0.15) is 33.6 Å². The number of thioether (sulfide) groups is 1. The topological polar surface area (TPSA) is 18.5 Å². The highest BCUT2D eigenvalue weighted by Crippen LogP contribution is 2.36. The van der Waals surface area contributed by atoms with Gasteiger partial charge < -0.3 is 9.47 Å². The van der Waals surface area contributed by atoms with Crippen LogP contribution in [0.3, 0.4) is 0 Å². The van der Waals surface area contributed by atoms with Crippen molar-refractivity contribution in [2.75, 3.05) is 6.26 Å². The summed E-state index contributed by atoms with van der Waals surface area (Å²) >= 11 is 1.70. The molecular weight excluding hydrogens is 232 g/mol. The zero-order valence-electron chi connectivity index (χ0n) is 10.9. The minimum absolute atomic E-state index is 0.158. The summed E-state index contributed by atoms with van der Waals surface area (Å²) < 4.78 is 11.7. The number of hydrogen-bond donors (Lipinski definition) is 0. The Kier molecular flexibility index (Phi) is 3.57. The Bertz CT molecular complexity index is 392. The van der Waals surface area contributed by atoms with Gasteiger partial charge in [-0.25, -0.2) is 0 Å². The zero-order chi connectivity index (χ0) is 12.5. The molecule has 1 aromatic carbocycles. The molecule has 0 saturated heterocycles. The third-order valence-electron chi connectivity index (χ3n) is 2.38. The van der Waals surface area contributed by atoms with E-state index in [1.54, 1.807) is 11.8 Å². The Morgan fingerprint density at radius 1 is 1.24 bits per heavy atom. The molecule has 3 heteroatoms. The molecule has 2 nitrogen and oxygen atoms in total. The highest BCUT2D eigenvalue weighted by atomic mass is 32.2. The van der Waals surface area contributed by atoms with Gasteiger partial charge >= 0.3 is 0 Å². The van der Waals surface area contributed by atoms with Crippen LogP contribution in [0.25, 0.3) is 0 Å². The normalized spacial score (nSPS) is 15.8. The summed E-state index contributed by atoms with van der Waals surface area (Å²) in [5.74, 6) is 1.89. The van der Waals surface area contributed by atoms with Crippen LogP contribution >= 0.6 is 11.8 Å². The van der Waals surface area contributed by atoms with Crippen LogP contribution < -0.4 is 9.47 Å². The first-order valence-electron chi connectivity index (χ1n) is 6.01. The first kappa shape index (κ1) is 12.6. The molecule has 1 aliphatic rings. The molecule has 1 saturated carbocycles. The Labute approximate surface area is 108 Å². The van der Waals surface area contributed by atoms with Crippen molar-refractivity contribution in [1.29, 1.82) is 0 Å². The van der Waals surface area contributed by atoms with Crippen LogP contribution in [-0.2, 0) is 0 Å². The molecule has 0 atom stereocenters. The quantitative estimate of drug-likeness (QED) is 0.751. The van der Waals surface area contributed by atoms with Gasteiger partial charge in [0.15, 0.2) is 0 Å². The second kappa shape index (κ2) is 4.81. The van der Waals surface area contributed by atoms with E-state index in [2.05, 4.69) is 33.1 Å². The van der Waals surface area contributed by atoms with Crippen LogP contribution in [0.15, 0.2) is 23.1 Å². The third kappa shape index (κ3) is 3.84. The van der Waals surface area contributed by atoms with Crippen molar-refractivity contribution in [2.24, 2.45) is 0 Å². The van der Waals surface area contributed by atoms with E-state index < -0.39 is 0 Å². The Hall–Kier alpha value is -0.830. The van der Waals surface area contributed by atoms with Gasteiger partial charge in [0.1, 0.15) is 17.1 Å². The standard InChI is InChI=1S/C14H20O2S/c1-14(2,3)16-11-7-8-12(13(9-11)17-4)15-10-5-6-10/h7-10H,5-6H2,1-4H3. The first-order valence-corrected chi connectivity index (χ1v) is 7.24. The molecule has 0 amide bonds. The van der Waals surface area contributed by atoms with Crippen molar-refractivity contribution in [1.82, 2.24) is 0 Å². The van der Waals surface area contributed by atoms with E-state index >= 15 is 0 Å². The minimum Gasteiger partial charge on any atom is -0.489 e. The van der Waals surface area contributed by atoms with Gasteiger partial charge in [-0.05, 0) is 58.1 Å². The SMILES string of the molecule is CSc1cc(OC(C)(C)C)ccc1OC1CC1. The fourth-order valence-electron chi connectivity index (χ4n) is 1.53. The van der Waals surface area contributed by atoms with Crippen molar-refractivity contribution in [2.45, 2.75) is 50.2 Å². The zero-order valence-corrected chi connectivity index (χ0v) is 11.8.